The number of nitrogens with two attached hydrogens (primary N) is 1. The summed E-state index contributed by atoms with van der Waals surface area (Å²) in [7, 11) is -2.67. The van der Waals surface area contributed by atoms with Crippen LogP contribution < -0.4 is 10.5 Å². The summed E-state index contributed by atoms with van der Waals surface area (Å²) in [4.78, 5) is 10.2. The van der Waals surface area contributed by atoms with Gasteiger partial charge in [-0.15, -0.1) is 0 Å². The first-order valence-corrected chi connectivity index (χ1v) is 9.41. The fourth-order valence-electron chi connectivity index (χ4n) is 3.16. The van der Waals surface area contributed by atoms with Crippen LogP contribution in [-0.4, -0.2) is 43.9 Å². The number of nitrogens with zero attached hydrogens (tertiary/aromatic N) is 2. The Morgan fingerprint density at radius 1 is 1.19 bits per heavy atom. The minimum Gasteiger partial charge on any atom is -0.495 e. The summed E-state index contributed by atoms with van der Waals surface area (Å²) in [5.74, 6) is -0.0806. The molecule has 1 fully saturated rings. The molecule has 0 bridgehead atoms. The second-order valence-electron chi connectivity index (χ2n) is 6.10. The molecule has 0 aromatic heterocycles. The fraction of sp³-hybridized carbons (Fsp3) is 0.294. The molecule has 0 aliphatic carbocycles. The summed E-state index contributed by atoms with van der Waals surface area (Å²) < 4.78 is 32.5. The third kappa shape index (κ3) is 3.28. The van der Waals surface area contributed by atoms with Gasteiger partial charge in [-0.25, -0.2) is 8.42 Å². The van der Waals surface area contributed by atoms with Crippen molar-refractivity contribution in [2.45, 2.75) is 16.9 Å². The standard InChI is InChI=1S/C17H19N3O5S/c1-25-16-8-7-13(20(21)22)9-17(16)26(23,24)19-10-14(15(18)11-19)12-5-3-2-4-6-12/h2-9,14-15H,10-11,18H2,1H3/t14-,15+/m0/s1. The first-order valence-electron chi connectivity index (χ1n) is 7.97. The van der Waals surface area contributed by atoms with Crippen LogP contribution in [0.3, 0.4) is 0 Å². The molecule has 26 heavy (non-hydrogen) atoms. The molecule has 0 unspecified atom stereocenters. The van der Waals surface area contributed by atoms with Gasteiger partial charge in [0.05, 0.1) is 12.0 Å². The number of nitro groups is 1. The third-order valence-electron chi connectivity index (χ3n) is 4.54. The van der Waals surface area contributed by atoms with Gasteiger partial charge in [-0.05, 0) is 11.6 Å². The molecule has 138 valence electrons. The van der Waals surface area contributed by atoms with E-state index in [1.807, 2.05) is 30.3 Å². The van der Waals surface area contributed by atoms with Crippen molar-refractivity contribution in [2.24, 2.45) is 5.73 Å². The highest BCUT2D eigenvalue weighted by molar-refractivity contribution is 7.89. The van der Waals surface area contributed by atoms with Gasteiger partial charge in [0.15, 0.2) is 0 Å². The molecular weight excluding hydrogens is 358 g/mol. The molecule has 1 aliphatic heterocycles. The van der Waals surface area contributed by atoms with Crippen LogP contribution in [0.4, 0.5) is 5.69 Å². The van der Waals surface area contributed by atoms with Crippen LogP contribution in [0.15, 0.2) is 53.4 Å². The van der Waals surface area contributed by atoms with E-state index >= 15 is 0 Å². The number of hydrogen-bond acceptors (Lipinski definition) is 6. The largest absolute Gasteiger partial charge is 0.495 e. The lowest BCUT2D eigenvalue weighted by molar-refractivity contribution is -0.385. The predicted octanol–water partition coefficient (Wildman–Crippen LogP) is 1.72. The summed E-state index contributed by atoms with van der Waals surface area (Å²) in [5, 5.41) is 11.0. The summed E-state index contributed by atoms with van der Waals surface area (Å²) >= 11 is 0. The van der Waals surface area contributed by atoms with Crippen molar-refractivity contribution in [1.29, 1.82) is 0 Å². The fourth-order valence-corrected chi connectivity index (χ4v) is 4.84. The average molecular weight is 377 g/mol. The van der Waals surface area contributed by atoms with Crippen LogP contribution in [0.1, 0.15) is 11.5 Å². The third-order valence-corrected chi connectivity index (χ3v) is 6.39. The van der Waals surface area contributed by atoms with Gasteiger partial charge in [0, 0.05) is 37.2 Å². The Kier molecular flexibility index (Phi) is 4.94. The van der Waals surface area contributed by atoms with Crippen LogP contribution in [-0.2, 0) is 10.0 Å². The van der Waals surface area contributed by atoms with E-state index in [0.717, 1.165) is 11.6 Å². The van der Waals surface area contributed by atoms with Gasteiger partial charge >= 0.3 is 0 Å². The van der Waals surface area contributed by atoms with Crippen LogP contribution >= 0.6 is 0 Å². The zero-order valence-corrected chi connectivity index (χ0v) is 14.9. The molecule has 0 spiro atoms. The van der Waals surface area contributed by atoms with Gasteiger partial charge in [0.2, 0.25) is 10.0 Å². The van der Waals surface area contributed by atoms with Crippen molar-refractivity contribution in [1.82, 2.24) is 4.31 Å². The molecular formula is C17H19N3O5S. The maximum atomic E-state index is 13.1. The van der Waals surface area contributed by atoms with Crippen molar-refractivity contribution < 1.29 is 18.1 Å². The van der Waals surface area contributed by atoms with E-state index in [0.29, 0.717) is 0 Å². The van der Waals surface area contributed by atoms with E-state index in [2.05, 4.69) is 0 Å². The Morgan fingerprint density at radius 2 is 1.88 bits per heavy atom. The van der Waals surface area contributed by atoms with E-state index < -0.39 is 14.9 Å². The maximum absolute atomic E-state index is 13.1. The summed E-state index contributed by atoms with van der Waals surface area (Å²) in [5.41, 5.74) is 6.83. The highest BCUT2D eigenvalue weighted by Crippen LogP contribution is 2.35. The number of rotatable bonds is 5. The summed E-state index contributed by atoms with van der Waals surface area (Å²) in [6, 6.07) is 12.6. The Labute approximate surface area is 151 Å². The van der Waals surface area contributed by atoms with Gasteiger partial charge < -0.3 is 10.5 Å². The van der Waals surface area contributed by atoms with Crippen molar-refractivity contribution in [3.8, 4) is 5.75 Å². The lowest BCUT2D eigenvalue weighted by Gasteiger charge is -2.18. The van der Waals surface area contributed by atoms with Crippen molar-refractivity contribution >= 4 is 15.7 Å². The van der Waals surface area contributed by atoms with Crippen LogP contribution in [0.5, 0.6) is 5.75 Å². The van der Waals surface area contributed by atoms with Crippen LogP contribution in [0, 0.1) is 10.1 Å². The number of methoxy groups -OCH3 is 1. The summed E-state index contributed by atoms with van der Waals surface area (Å²) in [6.07, 6.45) is 0. The predicted molar refractivity (Wildman–Crippen MR) is 95.6 cm³/mol. The Hall–Kier alpha value is -2.49. The van der Waals surface area contributed by atoms with Gasteiger partial charge in [-0.1, -0.05) is 30.3 Å². The monoisotopic (exact) mass is 377 g/mol. The van der Waals surface area contributed by atoms with E-state index in [-0.39, 0.29) is 41.4 Å². The first-order chi connectivity index (χ1) is 12.3. The lowest BCUT2D eigenvalue weighted by atomic mass is 9.95. The minimum atomic E-state index is -3.99. The highest BCUT2D eigenvalue weighted by atomic mass is 32.2. The Balaban J connectivity index is 1.97. The highest BCUT2D eigenvalue weighted by Gasteiger charge is 2.39. The van der Waals surface area contributed by atoms with Crippen molar-refractivity contribution in [3.63, 3.8) is 0 Å². The molecule has 1 saturated heterocycles. The second-order valence-corrected chi connectivity index (χ2v) is 8.00. The minimum absolute atomic E-state index is 0.0623. The molecule has 0 amide bonds. The van der Waals surface area contributed by atoms with Crippen molar-refractivity contribution in [3.05, 3.63) is 64.2 Å². The number of nitro benzene ring substituents is 1. The molecule has 3 rings (SSSR count). The first kappa shape index (κ1) is 18.3. The van der Waals surface area contributed by atoms with Gasteiger partial charge in [0.1, 0.15) is 10.6 Å². The summed E-state index contributed by atoms with van der Waals surface area (Å²) in [6.45, 7) is 0.340. The number of hydrogen-bond donors (Lipinski definition) is 1. The molecule has 2 aromatic rings. The smallest absolute Gasteiger partial charge is 0.271 e. The lowest BCUT2D eigenvalue weighted by Crippen LogP contribution is -2.32. The zero-order chi connectivity index (χ0) is 18.9. The molecule has 9 heteroatoms. The molecule has 2 atom stereocenters. The normalized spacial score (nSPS) is 20.8. The van der Waals surface area contributed by atoms with Crippen LogP contribution in [0.25, 0.3) is 0 Å². The van der Waals surface area contributed by atoms with E-state index in [1.54, 1.807) is 0 Å². The molecule has 2 N–H and O–H groups in total. The topological polar surface area (TPSA) is 116 Å². The number of non-ortho nitro benzene ring substituents is 1. The molecule has 2 aromatic carbocycles. The zero-order valence-electron chi connectivity index (χ0n) is 14.1. The van der Waals surface area contributed by atoms with E-state index in [9.17, 15) is 18.5 Å². The van der Waals surface area contributed by atoms with E-state index in [4.69, 9.17) is 10.5 Å². The van der Waals surface area contributed by atoms with Crippen molar-refractivity contribution in [2.75, 3.05) is 20.2 Å². The van der Waals surface area contributed by atoms with Crippen LogP contribution in [0.2, 0.25) is 0 Å². The molecule has 1 aliphatic rings. The van der Waals surface area contributed by atoms with Gasteiger partial charge in [-0.2, -0.15) is 4.31 Å². The Bertz CT molecular complexity index is 917. The number of ether oxygens (including phenoxy) is 1. The number of benzene rings is 2. The maximum Gasteiger partial charge on any atom is 0.271 e. The second kappa shape index (κ2) is 7.02. The average Bonchev–Trinajstić information content (AvgIpc) is 3.04. The molecule has 0 saturated carbocycles. The number of sulfonamides is 1. The SMILES string of the molecule is COc1ccc([N+](=O)[O-])cc1S(=O)(=O)N1C[C@@H](N)[C@H](c2ccccc2)C1. The molecule has 0 radical (unpaired) electrons. The van der Waals surface area contributed by atoms with E-state index in [1.165, 1.54) is 23.5 Å². The molecule has 8 nitrogen and oxygen atoms in total. The quantitative estimate of drug-likeness (QED) is 0.626. The van der Waals surface area contributed by atoms with Gasteiger partial charge in [0.25, 0.3) is 5.69 Å². The van der Waals surface area contributed by atoms with Gasteiger partial charge in [-0.3, -0.25) is 10.1 Å². The molecule has 1 heterocycles. The Morgan fingerprint density at radius 3 is 2.50 bits per heavy atom.